The first-order valence-corrected chi connectivity index (χ1v) is 12.3. The minimum absolute atomic E-state index is 0.0325. The lowest BCUT2D eigenvalue weighted by Crippen LogP contribution is -2.37. The molecule has 0 saturated carbocycles. The van der Waals surface area contributed by atoms with Gasteiger partial charge >= 0.3 is 0 Å². The molecule has 36 heavy (non-hydrogen) atoms. The highest BCUT2D eigenvalue weighted by Gasteiger charge is 2.17. The maximum atomic E-state index is 12.8. The second-order valence-corrected chi connectivity index (χ2v) is 9.23. The number of nitrogens with zero attached hydrogens (tertiary/aromatic N) is 2. The van der Waals surface area contributed by atoms with Gasteiger partial charge in [0.1, 0.15) is 5.75 Å². The van der Waals surface area contributed by atoms with Crippen LogP contribution in [0.3, 0.4) is 0 Å². The van der Waals surface area contributed by atoms with Crippen LogP contribution < -0.4 is 10.1 Å². The number of aliphatic hydroxyl groups is 2. The molecule has 1 atom stereocenters. The molecule has 3 rings (SSSR count). The van der Waals surface area contributed by atoms with Gasteiger partial charge in [0.25, 0.3) is 5.91 Å². The predicted octanol–water partition coefficient (Wildman–Crippen LogP) is 3.91. The van der Waals surface area contributed by atoms with Crippen molar-refractivity contribution < 1.29 is 24.5 Å². The van der Waals surface area contributed by atoms with Gasteiger partial charge in [-0.15, -0.1) is 0 Å². The fourth-order valence-electron chi connectivity index (χ4n) is 3.85. The van der Waals surface area contributed by atoms with E-state index in [1.807, 2.05) is 38.1 Å². The number of halogens is 1. The molecule has 0 fully saturated rings. The van der Waals surface area contributed by atoms with Crippen LogP contribution in [0.5, 0.6) is 5.75 Å². The summed E-state index contributed by atoms with van der Waals surface area (Å²) in [6.45, 7) is 5.38. The van der Waals surface area contributed by atoms with Gasteiger partial charge in [-0.2, -0.15) is 0 Å². The SMILES string of the molecule is CC(=O)c1nc(-c2ccc(C[C@@H](CCO)NC(=O)c3ccc(OC(C)C)c(Cl)c3)cc2)cn1CCO. The van der Waals surface area contributed by atoms with Gasteiger partial charge in [0.05, 0.1) is 23.4 Å². The molecule has 0 saturated heterocycles. The zero-order chi connectivity index (χ0) is 26.2. The summed E-state index contributed by atoms with van der Waals surface area (Å²) in [6.07, 6.45) is 2.63. The lowest BCUT2D eigenvalue weighted by atomic mass is 10.0. The zero-order valence-electron chi connectivity index (χ0n) is 20.7. The second-order valence-electron chi connectivity index (χ2n) is 8.82. The Bertz CT molecular complexity index is 1190. The monoisotopic (exact) mass is 513 g/mol. The van der Waals surface area contributed by atoms with Crippen molar-refractivity contribution in [2.45, 2.75) is 52.3 Å². The molecule has 9 heteroatoms. The van der Waals surface area contributed by atoms with Crippen LogP contribution in [-0.4, -0.2) is 56.8 Å². The number of rotatable bonds is 12. The standard InChI is InChI=1S/C27H32ClN3O5/c1-17(2)36-25-9-8-21(15-23(25)28)27(35)29-22(10-12-32)14-19-4-6-20(7-5-19)24-16-31(11-13-33)26(30-24)18(3)34/h4-9,15-17,22,32-33H,10-14H2,1-3H3,(H,29,35)/t22-/m1/s1. The van der Waals surface area contributed by atoms with E-state index in [9.17, 15) is 19.8 Å². The lowest BCUT2D eigenvalue weighted by Gasteiger charge is -2.19. The van der Waals surface area contributed by atoms with Gasteiger partial charge in [0.15, 0.2) is 11.6 Å². The quantitative estimate of drug-likeness (QED) is 0.316. The van der Waals surface area contributed by atoms with E-state index < -0.39 is 0 Å². The Hall–Kier alpha value is -3.20. The highest BCUT2D eigenvalue weighted by Crippen LogP contribution is 2.26. The smallest absolute Gasteiger partial charge is 0.251 e. The number of Topliss-reactive ketones (excluding diaryl/α,β-unsaturated/α-hetero) is 1. The molecule has 1 aromatic heterocycles. The molecule has 0 aliphatic carbocycles. The number of amides is 1. The Morgan fingerprint density at radius 2 is 1.83 bits per heavy atom. The van der Waals surface area contributed by atoms with Crippen LogP contribution in [0.2, 0.25) is 5.02 Å². The maximum absolute atomic E-state index is 12.8. The molecule has 8 nitrogen and oxygen atoms in total. The highest BCUT2D eigenvalue weighted by molar-refractivity contribution is 6.32. The van der Waals surface area contributed by atoms with Gasteiger partial charge in [0.2, 0.25) is 0 Å². The molecule has 0 unspecified atom stereocenters. The number of benzene rings is 2. The summed E-state index contributed by atoms with van der Waals surface area (Å²) >= 11 is 6.27. The van der Waals surface area contributed by atoms with Crippen LogP contribution in [0.25, 0.3) is 11.3 Å². The first-order valence-electron chi connectivity index (χ1n) is 11.9. The molecule has 0 aliphatic heterocycles. The molecular weight excluding hydrogens is 482 g/mol. The van der Waals surface area contributed by atoms with Crippen molar-refractivity contribution in [1.82, 2.24) is 14.9 Å². The summed E-state index contributed by atoms with van der Waals surface area (Å²) in [7, 11) is 0. The fourth-order valence-corrected chi connectivity index (χ4v) is 4.08. The van der Waals surface area contributed by atoms with Gasteiger partial charge < -0.3 is 24.8 Å². The first kappa shape index (κ1) is 27.4. The molecule has 2 aromatic carbocycles. The van der Waals surface area contributed by atoms with E-state index in [0.29, 0.717) is 47.2 Å². The van der Waals surface area contributed by atoms with Crippen molar-refractivity contribution in [3.8, 4) is 17.0 Å². The van der Waals surface area contributed by atoms with Crippen molar-refractivity contribution in [2.24, 2.45) is 0 Å². The van der Waals surface area contributed by atoms with Crippen LogP contribution in [0.15, 0.2) is 48.7 Å². The molecule has 0 spiro atoms. The molecule has 3 N–H and O–H groups in total. The first-order chi connectivity index (χ1) is 17.2. The molecule has 1 amide bonds. The normalized spacial score (nSPS) is 12.0. The Balaban J connectivity index is 1.70. The summed E-state index contributed by atoms with van der Waals surface area (Å²) in [4.78, 5) is 29.1. The summed E-state index contributed by atoms with van der Waals surface area (Å²) in [5.74, 6) is 0.371. The largest absolute Gasteiger partial charge is 0.489 e. The Morgan fingerprint density at radius 3 is 2.42 bits per heavy atom. The minimum Gasteiger partial charge on any atom is -0.489 e. The zero-order valence-corrected chi connectivity index (χ0v) is 21.5. The Kier molecular flexibility index (Phi) is 9.64. The number of aromatic nitrogens is 2. The third kappa shape index (κ3) is 7.16. The summed E-state index contributed by atoms with van der Waals surface area (Å²) < 4.78 is 7.27. The topological polar surface area (TPSA) is 114 Å². The van der Waals surface area contributed by atoms with Crippen LogP contribution in [0.4, 0.5) is 0 Å². The molecule has 0 bridgehead atoms. The van der Waals surface area contributed by atoms with Crippen molar-refractivity contribution in [2.75, 3.05) is 13.2 Å². The van der Waals surface area contributed by atoms with E-state index in [2.05, 4.69) is 10.3 Å². The Morgan fingerprint density at radius 1 is 1.11 bits per heavy atom. The van der Waals surface area contributed by atoms with Crippen LogP contribution in [0.1, 0.15) is 53.7 Å². The average Bonchev–Trinajstić information content (AvgIpc) is 3.25. The number of ketones is 1. The van der Waals surface area contributed by atoms with Gasteiger partial charge in [-0.05, 0) is 50.5 Å². The third-order valence-corrected chi connectivity index (χ3v) is 5.83. The highest BCUT2D eigenvalue weighted by atomic mass is 35.5. The molecule has 0 aliphatic rings. The van der Waals surface area contributed by atoms with Crippen LogP contribution in [-0.2, 0) is 13.0 Å². The molecule has 0 radical (unpaired) electrons. The van der Waals surface area contributed by atoms with E-state index in [4.69, 9.17) is 16.3 Å². The van der Waals surface area contributed by atoms with E-state index >= 15 is 0 Å². The van der Waals surface area contributed by atoms with Crippen molar-refractivity contribution in [1.29, 1.82) is 0 Å². The van der Waals surface area contributed by atoms with Gasteiger partial charge in [-0.1, -0.05) is 35.9 Å². The van der Waals surface area contributed by atoms with E-state index in [1.54, 1.807) is 29.0 Å². The molecular formula is C27H32ClN3O5. The summed E-state index contributed by atoms with van der Waals surface area (Å²) in [5.41, 5.74) is 2.85. The molecule has 3 aromatic rings. The van der Waals surface area contributed by atoms with E-state index in [-0.39, 0.29) is 37.0 Å². The molecule has 192 valence electrons. The number of nitrogens with one attached hydrogen (secondary N) is 1. The number of ether oxygens (including phenoxy) is 1. The number of aliphatic hydroxyl groups excluding tert-OH is 2. The fraction of sp³-hybridized carbons (Fsp3) is 0.370. The minimum atomic E-state index is -0.285. The van der Waals surface area contributed by atoms with E-state index in [0.717, 1.165) is 11.1 Å². The predicted molar refractivity (Wildman–Crippen MR) is 139 cm³/mol. The second kappa shape index (κ2) is 12.7. The van der Waals surface area contributed by atoms with E-state index in [1.165, 1.54) is 6.92 Å². The number of hydrogen-bond donors (Lipinski definition) is 3. The van der Waals surface area contributed by atoms with Crippen LogP contribution >= 0.6 is 11.6 Å². The molecule has 1 heterocycles. The van der Waals surface area contributed by atoms with Crippen molar-refractivity contribution in [3.63, 3.8) is 0 Å². The Labute approximate surface area is 215 Å². The average molecular weight is 514 g/mol. The summed E-state index contributed by atoms with van der Waals surface area (Å²) in [6, 6.07) is 12.3. The lowest BCUT2D eigenvalue weighted by molar-refractivity contribution is 0.0929. The van der Waals surface area contributed by atoms with Gasteiger partial charge in [0, 0.05) is 43.4 Å². The number of carbonyl (C=O) groups is 2. The van der Waals surface area contributed by atoms with Crippen molar-refractivity contribution >= 4 is 23.3 Å². The number of hydrogen-bond acceptors (Lipinski definition) is 6. The number of carbonyl (C=O) groups excluding carboxylic acids is 2. The maximum Gasteiger partial charge on any atom is 0.251 e. The summed E-state index contributed by atoms with van der Waals surface area (Å²) in [5, 5.41) is 22.1. The number of imidazole rings is 1. The van der Waals surface area contributed by atoms with Gasteiger partial charge in [-0.3, -0.25) is 9.59 Å². The van der Waals surface area contributed by atoms with Crippen molar-refractivity contribution in [3.05, 3.63) is 70.6 Å². The third-order valence-electron chi connectivity index (χ3n) is 5.53. The van der Waals surface area contributed by atoms with Crippen LogP contribution in [0, 0.1) is 0 Å². The van der Waals surface area contributed by atoms with Gasteiger partial charge in [-0.25, -0.2) is 4.98 Å².